The Kier molecular flexibility index (Phi) is 3.66. The molecule has 0 radical (unpaired) electrons. The largest absolute Gasteiger partial charge is 0.395 e. The van der Waals surface area contributed by atoms with Gasteiger partial charge < -0.3 is 10.4 Å². The number of para-hydroxylation sites is 1. The Balaban J connectivity index is 2.45. The molecule has 5 heteroatoms. The van der Waals surface area contributed by atoms with E-state index >= 15 is 0 Å². The molecule has 1 aromatic heterocycles. The molecule has 0 saturated heterocycles. The highest BCUT2D eigenvalue weighted by atomic mass is 35.5. The van der Waals surface area contributed by atoms with Crippen LogP contribution in [0.15, 0.2) is 30.3 Å². The Hall–Kier alpha value is -1.52. The van der Waals surface area contributed by atoms with Crippen molar-refractivity contribution >= 4 is 17.4 Å². The number of hydrogen-bond donors (Lipinski definition) is 2. The zero-order valence-electron chi connectivity index (χ0n) is 9.52. The minimum absolute atomic E-state index is 0.0509. The van der Waals surface area contributed by atoms with Gasteiger partial charge in [-0.1, -0.05) is 29.8 Å². The second-order valence-electron chi connectivity index (χ2n) is 3.62. The van der Waals surface area contributed by atoms with E-state index in [2.05, 4.69) is 10.3 Å². The number of aliphatic hydroxyl groups excluding tert-OH is 1. The van der Waals surface area contributed by atoms with Gasteiger partial charge in [-0.3, -0.25) is 4.57 Å². The van der Waals surface area contributed by atoms with Crippen LogP contribution in [0.1, 0.15) is 5.82 Å². The number of benzene rings is 1. The Bertz CT molecular complexity index is 496. The van der Waals surface area contributed by atoms with Crippen LogP contribution in [0, 0.1) is 6.92 Å². The summed E-state index contributed by atoms with van der Waals surface area (Å²) in [5.74, 6) is 1.52. The van der Waals surface area contributed by atoms with Gasteiger partial charge in [-0.15, -0.1) is 0 Å². The first kappa shape index (κ1) is 12.0. The van der Waals surface area contributed by atoms with Crippen molar-refractivity contribution in [1.82, 2.24) is 9.55 Å². The fraction of sp³-hybridized carbons (Fsp3) is 0.250. The average molecular weight is 252 g/mol. The molecule has 1 aromatic carbocycles. The van der Waals surface area contributed by atoms with Gasteiger partial charge in [0.15, 0.2) is 11.0 Å². The number of aliphatic hydroxyl groups is 1. The van der Waals surface area contributed by atoms with Crippen LogP contribution in [0.2, 0.25) is 5.15 Å². The van der Waals surface area contributed by atoms with Crippen molar-refractivity contribution in [3.05, 3.63) is 41.3 Å². The maximum atomic E-state index is 8.85. The van der Waals surface area contributed by atoms with Gasteiger partial charge in [-0.25, -0.2) is 4.98 Å². The number of aryl methyl sites for hydroxylation is 1. The lowest BCUT2D eigenvalue weighted by Gasteiger charge is -2.11. The maximum Gasteiger partial charge on any atom is 0.171 e. The maximum absolute atomic E-state index is 8.85. The van der Waals surface area contributed by atoms with Crippen LogP contribution in [0.3, 0.4) is 0 Å². The second-order valence-corrected chi connectivity index (χ2v) is 3.98. The van der Waals surface area contributed by atoms with Gasteiger partial charge in [0.25, 0.3) is 0 Å². The molecular formula is C12H14ClN3O. The summed E-state index contributed by atoms with van der Waals surface area (Å²) >= 11 is 6.06. The monoisotopic (exact) mass is 251 g/mol. The third kappa shape index (κ3) is 2.43. The van der Waals surface area contributed by atoms with E-state index in [-0.39, 0.29) is 6.61 Å². The van der Waals surface area contributed by atoms with Crippen LogP contribution in [0.5, 0.6) is 0 Å². The molecule has 0 spiro atoms. The third-order valence-electron chi connectivity index (χ3n) is 2.42. The summed E-state index contributed by atoms with van der Waals surface area (Å²) in [7, 11) is 0. The highest BCUT2D eigenvalue weighted by Gasteiger charge is 2.13. The van der Waals surface area contributed by atoms with E-state index < -0.39 is 0 Å². The number of imidazole rings is 1. The first-order valence-electron chi connectivity index (χ1n) is 5.39. The van der Waals surface area contributed by atoms with E-state index in [1.807, 2.05) is 41.8 Å². The average Bonchev–Trinajstić information content (AvgIpc) is 2.62. The Morgan fingerprint density at radius 3 is 2.71 bits per heavy atom. The molecule has 90 valence electrons. The van der Waals surface area contributed by atoms with E-state index in [1.165, 1.54) is 0 Å². The standard InChI is InChI=1S/C12H14ClN3O/c1-9-15-11(13)12(14-7-8-17)16(9)10-5-3-2-4-6-10/h2-6,14,17H,7-8H2,1H3. The molecule has 0 amide bonds. The third-order valence-corrected chi connectivity index (χ3v) is 2.68. The smallest absolute Gasteiger partial charge is 0.171 e. The van der Waals surface area contributed by atoms with Gasteiger partial charge in [0.05, 0.1) is 6.61 Å². The van der Waals surface area contributed by atoms with Crippen LogP contribution < -0.4 is 5.32 Å². The Morgan fingerprint density at radius 2 is 2.06 bits per heavy atom. The van der Waals surface area contributed by atoms with Crippen molar-refractivity contribution < 1.29 is 5.11 Å². The van der Waals surface area contributed by atoms with Crippen LogP contribution in [-0.2, 0) is 0 Å². The van der Waals surface area contributed by atoms with E-state index in [0.717, 1.165) is 11.5 Å². The van der Waals surface area contributed by atoms with Crippen LogP contribution in [-0.4, -0.2) is 27.8 Å². The predicted molar refractivity (Wildman–Crippen MR) is 68.9 cm³/mol. The number of anilines is 1. The van der Waals surface area contributed by atoms with Crippen LogP contribution in [0.4, 0.5) is 5.82 Å². The lowest BCUT2D eigenvalue weighted by molar-refractivity contribution is 0.311. The van der Waals surface area contributed by atoms with Crippen molar-refractivity contribution in [1.29, 1.82) is 0 Å². The summed E-state index contributed by atoms with van der Waals surface area (Å²) in [4.78, 5) is 4.22. The molecule has 0 aliphatic rings. The number of nitrogens with zero attached hydrogens (tertiary/aromatic N) is 2. The lowest BCUT2D eigenvalue weighted by atomic mass is 10.3. The minimum atomic E-state index is 0.0509. The number of hydrogen-bond acceptors (Lipinski definition) is 3. The zero-order valence-corrected chi connectivity index (χ0v) is 10.3. The topological polar surface area (TPSA) is 50.1 Å². The quantitative estimate of drug-likeness (QED) is 0.876. The summed E-state index contributed by atoms with van der Waals surface area (Å²) in [6.45, 7) is 2.38. The number of halogens is 1. The molecular weight excluding hydrogens is 238 g/mol. The van der Waals surface area contributed by atoms with E-state index in [1.54, 1.807) is 0 Å². The second kappa shape index (κ2) is 5.21. The van der Waals surface area contributed by atoms with Crippen LogP contribution >= 0.6 is 11.6 Å². The highest BCUT2D eigenvalue weighted by Crippen LogP contribution is 2.26. The molecule has 1 heterocycles. The Labute approximate surface area is 105 Å². The van der Waals surface area contributed by atoms with Gasteiger partial charge in [0.1, 0.15) is 5.82 Å². The predicted octanol–water partition coefficient (Wildman–Crippen LogP) is 2.24. The molecule has 0 aliphatic carbocycles. The van der Waals surface area contributed by atoms with E-state index in [0.29, 0.717) is 17.5 Å². The number of aromatic nitrogens is 2. The SMILES string of the molecule is Cc1nc(Cl)c(NCCO)n1-c1ccccc1. The number of nitrogens with one attached hydrogen (secondary N) is 1. The van der Waals surface area contributed by atoms with Crippen LogP contribution in [0.25, 0.3) is 5.69 Å². The van der Waals surface area contributed by atoms with Gasteiger partial charge in [0.2, 0.25) is 0 Å². The summed E-state index contributed by atoms with van der Waals surface area (Å²) in [5.41, 5.74) is 0.991. The molecule has 0 saturated carbocycles. The van der Waals surface area contributed by atoms with Crippen molar-refractivity contribution in [3.63, 3.8) is 0 Å². The summed E-state index contributed by atoms with van der Waals surface area (Å²) in [5, 5.41) is 12.3. The summed E-state index contributed by atoms with van der Waals surface area (Å²) < 4.78 is 1.93. The lowest BCUT2D eigenvalue weighted by Crippen LogP contribution is -2.10. The van der Waals surface area contributed by atoms with Crippen molar-refractivity contribution in [2.75, 3.05) is 18.5 Å². The van der Waals surface area contributed by atoms with Crippen molar-refractivity contribution in [3.8, 4) is 5.69 Å². The molecule has 17 heavy (non-hydrogen) atoms. The number of rotatable bonds is 4. The molecule has 2 N–H and O–H groups in total. The van der Waals surface area contributed by atoms with E-state index in [4.69, 9.17) is 16.7 Å². The molecule has 2 rings (SSSR count). The molecule has 0 unspecified atom stereocenters. The fourth-order valence-corrected chi connectivity index (χ4v) is 1.99. The van der Waals surface area contributed by atoms with Gasteiger partial charge in [-0.2, -0.15) is 0 Å². The first-order chi connectivity index (χ1) is 8.24. The minimum Gasteiger partial charge on any atom is -0.395 e. The van der Waals surface area contributed by atoms with Gasteiger partial charge in [0, 0.05) is 12.2 Å². The Morgan fingerprint density at radius 1 is 1.35 bits per heavy atom. The zero-order chi connectivity index (χ0) is 12.3. The molecule has 4 nitrogen and oxygen atoms in total. The van der Waals surface area contributed by atoms with Crippen molar-refractivity contribution in [2.24, 2.45) is 0 Å². The van der Waals surface area contributed by atoms with Crippen molar-refractivity contribution in [2.45, 2.75) is 6.92 Å². The fourth-order valence-electron chi connectivity index (χ4n) is 1.72. The van der Waals surface area contributed by atoms with E-state index in [9.17, 15) is 0 Å². The normalized spacial score (nSPS) is 10.5. The highest BCUT2D eigenvalue weighted by molar-refractivity contribution is 6.31. The summed E-state index contributed by atoms with van der Waals surface area (Å²) in [6, 6.07) is 9.83. The molecule has 0 aliphatic heterocycles. The van der Waals surface area contributed by atoms with Gasteiger partial charge >= 0.3 is 0 Å². The summed E-state index contributed by atoms with van der Waals surface area (Å²) in [6.07, 6.45) is 0. The first-order valence-corrected chi connectivity index (χ1v) is 5.77. The molecule has 0 fully saturated rings. The molecule has 0 bridgehead atoms. The molecule has 2 aromatic rings. The molecule has 0 atom stereocenters. The van der Waals surface area contributed by atoms with Gasteiger partial charge in [-0.05, 0) is 19.1 Å².